The molecule has 0 aliphatic heterocycles. The Morgan fingerprint density at radius 1 is 1.34 bits per heavy atom. The Balaban J connectivity index is 1.85. The molecule has 6 nitrogen and oxygen atoms in total. The molecule has 9 heteroatoms. The van der Waals surface area contributed by atoms with Crippen LogP contribution in [0.15, 0.2) is 45.6 Å². The number of methoxy groups -OCH3 is 2. The Bertz CT molecular complexity index is 1090. The maximum atomic E-state index is 11.3. The summed E-state index contributed by atoms with van der Waals surface area (Å²) < 4.78 is 17.1. The van der Waals surface area contributed by atoms with E-state index in [0.29, 0.717) is 16.2 Å². The molecule has 3 rings (SSSR count). The highest BCUT2D eigenvalue weighted by atomic mass is 35.5. The van der Waals surface area contributed by atoms with E-state index < -0.39 is 5.97 Å². The molecule has 1 heterocycles. The van der Waals surface area contributed by atoms with Crippen LogP contribution in [0.2, 0.25) is 5.02 Å². The maximum absolute atomic E-state index is 11.3. The van der Waals surface area contributed by atoms with E-state index in [2.05, 4.69) is 15.8 Å². The van der Waals surface area contributed by atoms with Crippen LogP contribution in [0.5, 0.6) is 11.5 Å². The molecule has 2 aromatic carbocycles. The van der Waals surface area contributed by atoms with Crippen LogP contribution in [0.4, 0.5) is 0 Å². The summed E-state index contributed by atoms with van der Waals surface area (Å²) in [5.74, 6) is 0.0371. The molecular weight excluding hydrogens is 432 g/mol. The fraction of sp³-hybridized carbons (Fsp3) is 0.150. The lowest BCUT2D eigenvalue weighted by molar-refractivity contribution is -0.142. The number of fused-ring (bicyclic) bond motifs is 1. The van der Waals surface area contributed by atoms with E-state index in [0.717, 1.165) is 14.6 Å². The van der Waals surface area contributed by atoms with Crippen molar-refractivity contribution in [3.63, 3.8) is 0 Å². The highest BCUT2D eigenvalue weighted by Gasteiger charge is 2.14. The summed E-state index contributed by atoms with van der Waals surface area (Å²) in [4.78, 5) is 16.3. The van der Waals surface area contributed by atoms with Gasteiger partial charge in [0, 0.05) is 0 Å². The van der Waals surface area contributed by atoms with Gasteiger partial charge < -0.3 is 14.2 Å². The zero-order valence-corrected chi connectivity index (χ0v) is 17.9. The number of aromatic nitrogens is 1. The number of hydrogen-bond acceptors (Lipinski definition) is 8. The van der Waals surface area contributed by atoms with Gasteiger partial charge in [0.25, 0.3) is 0 Å². The highest BCUT2D eigenvalue weighted by molar-refractivity contribution is 8.05. The summed E-state index contributed by atoms with van der Waals surface area (Å²) in [6, 6.07) is 13.3. The largest absolute Gasteiger partial charge is 0.493 e. The molecule has 148 valence electrons. The molecule has 0 spiro atoms. The maximum Gasteiger partial charge on any atom is 0.343 e. The average molecular weight is 447 g/mol. The number of hydrogen-bond donors (Lipinski definition) is 0. The summed E-state index contributed by atoms with van der Waals surface area (Å²) in [6.45, 7) is -0.293. The Morgan fingerprint density at radius 2 is 2.14 bits per heavy atom. The molecule has 0 saturated carbocycles. The number of esters is 1. The van der Waals surface area contributed by atoms with Crippen LogP contribution in [-0.4, -0.2) is 31.8 Å². The van der Waals surface area contributed by atoms with Gasteiger partial charge in [0.15, 0.2) is 22.4 Å². The van der Waals surface area contributed by atoms with E-state index in [-0.39, 0.29) is 17.4 Å². The van der Waals surface area contributed by atoms with Crippen molar-refractivity contribution in [2.24, 2.45) is 0 Å². The lowest BCUT2D eigenvalue weighted by atomic mass is 10.2. The second kappa shape index (κ2) is 9.65. The predicted octanol–water partition coefficient (Wildman–Crippen LogP) is 5.17. The minimum atomic E-state index is -0.536. The van der Waals surface area contributed by atoms with E-state index in [9.17, 15) is 10.1 Å². The zero-order chi connectivity index (χ0) is 20.8. The van der Waals surface area contributed by atoms with Gasteiger partial charge in [-0.1, -0.05) is 23.7 Å². The molecule has 0 amide bonds. The normalized spacial score (nSPS) is 11.2. The molecule has 3 aromatic rings. The van der Waals surface area contributed by atoms with Gasteiger partial charge in [-0.2, -0.15) is 5.26 Å². The van der Waals surface area contributed by atoms with Gasteiger partial charge in [0.2, 0.25) is 0 Å². The number of ether oxygens (including phenoxy) is 3. The van der Waals surface area contributed by atoms with Crippen molar-refractivity contribution in [1.29, 1.82) is 5.26 Å². The summed E-state index contributed by atoms with van der Waals surface area (Å²) in [5, 5.41) is 9.80. The minimum absolute atomic E-state index is 0.231. The van der Waals surface area contributed by atoms with Gasteiger partial charge in [0.05, 0.1) is 34.4 Å². The first-order valence-corrected chi connectivity index (χ1v) is 10.3. The number of carbonyl (C=O) groups is 1. The topological polar surface area (TPSA) is 81.4 Å². The first-order chi connectivity index (χ1) is 14.0. The van der Waals surface area contributed by atoms with E-state index in [1.165, 1.54) is 37.3 Å². The Morgan fingerprint density at radius 3 is 2.83 bits per heavy atom. The molecule has 0 unspecified atom stereocenters. The number of benzene rings is 2. The molecule has 0 fully saturated rings. The first-order valence-electron chi connectivity index (χ1n) is 8.26. The van der Waals surface area contributed by atoms with Crippen LogP contribution >= 0.6 is 34.7 Å². The van der Waals surface area contributed by atoms with Crippen LogP contribution in [0.1, 0.15) is 5.56 Å². The third-order valence-corrected chi connectivity index (χ3v) is 6.00. The highest BCUT2D eigenvalue weighted by Crippen LogP contribution is 2.39. The quantitative estimate of drug-likeness (QED) is 0.281. The van der Waals surface area contributed by atoms with Gasteiger partial charge in [-0.05, 0) is 47.7 Å². The van der Waals surface area contributed by atoms with Crippen LogP contribution in [-0.2, 0) is 9.53 Å². The fourth-order valence-corrected chi connectivity index (χ4v) is 4.63. The van der Waals surface area contributed by atoms with E-state index in [1.54, 1.807) is 18.2 Å². The van der Waals surface area contributed by atoms with Crippen LogP contribution in [0, 0.1) is 11.3 Å². The molecule has 0 radical (unpaired) electrons. The molecule has 1 aromatic heterocycles. The van der Waals surface area contributed by atoms with Crippen molar-refractivity contribution in [1.82, 2.24) is 4.98 Å². The summed E-state index contributed by atoms with van der Waals surface area (Å²) >= 11 is 9.10. The van der Waals surface area contributed by atoms with Crippen molar-refractivity contribution >= 4 is 57.0 Å². The fourth-order valence-electron chi connectivity index (χ4n) is 2.38. The van der Waals surface area contributed by atoms with Crippen molar-refractivity contribution in [3.05, 3.63) is 51.9 Å². The molecule has 0 atom stereocenters. The van der Waals surface area contributed by atoms with Crippen molar-refractivity contribution in [2.45, 2.75) is 4.34 Å². The van der Waals surface area contributed by atoms with Gasteiger partial charge >= 0.3 is 5.97 Å². The molecule has 0 bridgehead atoms. The summed E-state index contributed by atoms with van der Waals surface area (Å²) in [6.07, 6.45) is 1.69. The number of para-hydroxylation sites is 1. The van der Waals surface area contributed by atoms with Crippen LogP contribution in [0.3, 0.4) is 0 Å². The van der Waals surface area contributed by atoms with Gasteiger partial charge in [-0.3, -0.25) is 0 Å². The lowest BCUT2D eigenvalue weighted by Crippen LogP contribution is -2.13. The first kappa shape index (κ1) is 21.0. The molecular formula is C20H15ClN2O4S2. The predicted molar refractivity (Wildman–Crippen MR) is 115 cm³/mol. The number of thioether (sulfide) groups is 1. The van der Waals surface area contributed by atoms with E-state index in [1.807, 2.05) is 24.3 Å². The van der Waals surface area contributed by atoms with Crippen LogP contribution in [0.25, 0.3) is 16.3 Å². The van der Waals surface area contributed by atoms with Gasteiger partial charge in [-0.25, -0.2) is 9.78 Å². The average Bonchev–Trinajstić information content (AvgIpc) is 3.14. The minimum Gasteiger partial charge on any atom is -0.493 e. The van der Waals surface area contributed by atoms with Crippen molar-refractivity contribution in [2.75, 3.05) is 20.8 Å². The molecule has 29 heavy (non-hydrogen) atoms. The standard InChI is InChI=1S/C20H15ClN2O4S2/c1-25-16-9-12(8-14(21)19(16)27-11-18(24)26-2)7-13(10-22)28-20-23-15-5-3-4-6-17(15)29-20/h3-9H,11H2,1-2H3. The molecule has 0 aliphatic carbocycles. The number of thiazole rings is 1. The number of allylic oxidation sites excluding steroid dienone is 1. The lowest BCUT2D eigenvalue weighted by Gasteiger charge is -2.12. The van der Waals surface area contributed by atoms with E-state index in [4.69, 9.17) is 21.1 Å². The third kappa shape index (κ3) is 5.21. The SMILES string of the molecule is COC(=O)COc1c(Cl)cc(C=C(C#N)Sc2nc3ccccc3s2)cc1OC. The van der Waals surface area contributed by atoms with Gasteiger partial charge in [-0.15, -0.1) is 11.3 Å². The number of halogens is 1. The Kier molecular flexibility index (Phi) is 6.99. The second-order valence-electron chi connectivity index (χ2n) is 5.57. The summed E-state index contributed by atoms with van der Waals surface area (Å²) in [7, 11) is 2.73. The Hall–Kier alpha value is -2.73. The number of rotatable bonds is 7. The Labute approximate surface area is 180 Å². The smallest absolute Gasteiger partial charge is 0.343 e. The molecule has 0 N–H and O–H groups in total. The zero-order valence-electron chi connectivity index (χ0n) is 15.5. The molecule has 0 saturated heterocycles. The monoisotopic (exact) mass is 446 g/mol. The summed E-state index contributed by atoms with van der Waals surface area (Å²) in [5.41, 5.74) is 1.55. The number of carbonyl (C=O) groups excluding carboxylic acids is 1. The van der Waals surface area contributed by atoms with Crippen molar-refractivity contribution in [3.8, 4) is 17.6 Å². The van der Waals surface area contributed by atoms with Crippen LogP contribution < -0.4 is 9.47 Å². The second-order valence-corrected chi connectivity index (χ2v) is 8.30. The number of nitrogens with zero attached hydrogens (tertiary/aromatic N) is 2. The van der Waals surface area contributed by atoms with Gasteiger partial charge in [0.1, 0.15) is 6.07 Å². The third-order valence-electron chi connectivity index (χ3n) is 3.69. The number of nitriles is 1. The molecule has 0 aliphatic rings. The van der Waals surface area contributed by atoms with E-state index >= 15 is 0 Å². The van der Waals surface area contributed by atoms with Crippen molar-refractivity contribution < 1.29 is 19.0 Å².